The van der Waals surface area contributed by atoms with Gasteiger partial charge in [-0.3, -0.25) is 0 Å². The summed E-state index contributed by atoms with van der Waals surface area (Å²) < 4.78 is 10.5. The van der Waals surface area contributed by atoms with Gasteiger partial charge < -0.3 is 19.9 Å². The number of aliphatic hydroxyl groups excluding tert-OH is 1. The van der Waals surface area contributed by atoms with E-state index >= 15 is 0 Å². The van der Waals surface area contributed by atoms with Crippen molar-refractivity contribution in [2.45, 2.75) is 38.3 Å². The van der Waals surface area contributed by atoms with Gasteiger partial charge in [0.25, 0.3) is 0 Å². The highest BCUT2D eigenvalue weighted by atomic mass is 35.5. The molecule has 0 radical (unpaired) electrons. The highest BCUT2D eigenvalue weighted by Gasteiger charge is 2.20. The maximum Gasteiger partial charge on any atom is 0.179 e. The van der Waals surface area contributed by atoms with Crippen LogP contribution in [0.2, 0.25) is 5.02 Å². The fraction of sp³-hybridized carbons (Fsp3) is 0.625. The molecular formula is C16H24ClNO3. The Morgan fingerprint density at radius 3 is 2.76 bits per heavy atom. The van der Waals surface area contributed by atoms with Crippen LogP contribution in [0.15, 0.2) is 12.1 Å². The Balaban J connectivity index is 1.91. The SMILES string of the molecule is COc1ccc(CNCC2CCCC(O)C2)c(Cl)c1OC. The number of nitrogens with one attached hydrogen (secondary N) is 1. The van der Waals surface area contributed by atoms with E-state index < -0.39 is 0 Å². The molecule has 118 valence electrons. The molecule has 0 aromatic heterocycles. The Morgan fingerprint density at radius 2 is 2.10 bits per heavy atom. The molecule has 0 spiro atoms. The summed E-state index contributed by atoms with van der Waals surface area (Å²) in [7, 11) is 3.19. The van der Waals surface area contributed by atoms with Crippen LogP contribution in [-0.2, 0) is 6.54 Å². The fourth-order valence-electron chi connectivity index (χ4n) is 2.93. The topological polar surface area (TPSA) is 50.7 Å². The number of benzene rings is 1. The quantitative estimate of drug-likeness (QED) is 0.847. The summed E-state index contributed by atoms with van der Waals surface area (Å²) in [5, 5.41) is 13.7. The van der Waals surface area contributed by atoms with Gasteiger partial charge in [0.05, 0.1) is 25.3 Å². The van der Waals surface area contributed by atoms with E-state index in [0.717, 1.165) is 31.4 Å². The monoisotopic (exact) mass is 313 g/mol. The van der Waals surface area contributed by atoms with Gasteiger partial charge in [0.15, 0.2) is 11.5 Å². The van der Waals surface area contributed by atoms with Gasteiger partial charge in [-0.2, -0.15) is 0 Å². The van der Waals surface area contributed by atoms with E-state index in [2.05, 4.69) is 5.32 Å². The average Bonchev–Trinajstić information content (AvgIpc) is 2.48. The van der Waals surface area contributed by atoms with Crippen molar-refractivity contribution in [2.75, 3.05) is 20.8 Å². The minimum atomic E-state index is -0.129. The van der Waals surface area contributed by atoms with Gasteiger partial charge in [0.1, 0.15) is 0 Å². The molecule has 21 heavy (non-hydrogen) atoms. The largest absolute Gasteiger partial charge is 0.493 e. The normalized spacial score (nSPS) is 22.1. The Bertz CT molecular complexity index is 467. The number of methoxy groups -OCH3 is 2. The van der Waals surface area contributed by atoms with Gasteiger partial charge in [0, 0.05) is 6.54 Å². The second-order valence-electron chi connectivity index (χ2n) is 5.59. The first-order chi connectivity index (χ1) is 10.2. The maximum atomic E-state index is 9.69. The number of ether oxygens (including phenoxy) is 2. The minimum Gasteiger partial charge on any atom is -0.493 e. The summed E-state index contributed by atoms with van der Waals surface area (Å²) in [5.41, 5.74) is 0.991. The van der Waals surface area contributed by atoms with E-state index in [0.29, 0.717) is 29.0 Å². The molecular weight excluding hydrogens is 290 g/mol. The van der Waals surface area contributed by atoms with Gasteiger partial charge in [-0.25, -0.2) is 0 Å². The van der Waals surface area contributed by atoms with Gasteiger partial charge in [-0.05, 0) is 43.4 Å². The summed E-state index contributed by atoms with van der Waals surface area (Å²) in [6.07, 6.45) is 4.01. The molecule has 0 bridgehead atoms. The van der Waals surface area contributed by atoms with Crippen molar-refractivity contribution in [3.8, 4) is 11.5 Å². The first-order valence-corrected chi connectivity index (χ1v) is 7.81. The third-order valence-electron chi connectivity index (χ3n) is 4.07. The number of aliphatic hydroxyl groups is 1. The molecule has 2 N–H and O–H groups in total. The molecule has 5 heteroatoms. The summed E-state index contributed by atoms with van der Waals surface area (Å²) >= 11 is 6.35. The van der Waals surface area contributed by atoms with Crippen molar-refractivity contribution in [1.29, 1.82) is 0 Å². The number of hydrogen-bond donors (Lipinski definition) is 2. The molecule has 0 aliphatic heterocycles. The van der Waals surface area contributed by atoms with E-state index in [4.69, 9.17) is 21.1 Å². The summed E-state index contributed by atoms with van der Waals surface area (Å²) in [4.78, 5) is 0. The van der Waals surface area contributed by atoms with E-state index in [1.165, 1.54) is 6.42 Å². The molecule has 1 aliphatic carbocycles. The summed E-state index contributed by atoms with van der Waals surface area (Å²) in [6.45, 7) is 1.59. The Hall–Kier alpha value is -0.970. The number of hydrogen-bond acceptors (Lipinski definition) is 4. The molecule has 1 aromatic rings. The van der Waals surface area contributed by atoms with Gasteiger partial charge in [-0.1, -0.05) is 24.1 Å². The van der Waals surface area contributed by atoms with Crippen LogP contribution in [0.3, 0.4) is 0 Å². The zero-order valence-corrected chi connectivity index (χ0v) is 13.4. The zero-order chi connectivity index (χ0) is 15.2. The van der Waals surface area contributed by atoms with Crippen LogP contribution in [0.4, 0.5) is 0 Å². The standard InChI is InChI=1S/C16H24ClNO3/c1-20-14-7-6-12(15(17)16(14)21-2)10-18-9-11-4-3-5-13(19)8-11/h6-7,11,13,18-19H,3-5,8-10H2,1-2H3. The lowest BCUT2D eigenvalue weighted by Gasteiger charge is -2.26. The summed E-state index contributed by atoms with van der Waals surface area (Å²) in [6, 6.07) is 3.82. The van der Waals surface area contributed by atoms with Crippen molar-refractivity contribution in [3.05, 3.63) is 22.7 Å². The van der Waals surface area contributed by atoms with E-state index in [1.54, 1.807) is 14.2 Å². The smallest absolute Gasteiger partial charge is 0.179 e. The van der Waals surface area contributed by atoms with Crippen molar-refractivity contribution < 1.29 is 14.6 Å². The maximum absolute atomic E-state index is 9.69. The molecule has 2 rings (SSSR count). The lowest BCUT2D eigenvalue weighted by atomic mass is 9.87. The number of rotatable bonds is 6. The van der Waals surface area contributed by atoms with Crippen molar-refractivity contribution >= 4 is 11.6 Å². The lowest BCUT2D eigenvalue weighted by Crippen LogP contribution is -2.29. The van der Waals surface area contributed by atoms with Gasteiger partial charge in [0.2, 0.25) is 0 Å². The fourth-order valence-corrected chi connectivity index (χ4v) is 3.23. The third kappa shape index (κ3) is 4.25. The second kappa shape index (κ2) is 7.87. The summed E-state index contributed by atoms with van der Waals surface area (Å²) in [5.74, 6) is 1.76. The highest BCUT2D eigenvalue weighted by Crippen LogP contribution is 2.37. The van der Waals surface area contributed by atoms with E-state index in [1.807, 2.05) is 12.1 Å². The molecule has 0 saturated heterocycles. The van der Waals surface area contributed by atoms with E-state index in [9.17, 15) is 5.11 Å². The molecule has 4 nitrogen and oxygen atoms in total. The van der Waals surface area contributed by atoms with Gasteiger partial charge >= 0.3 is 0 Å². The minimum absolute atomic E-state index is 0.129. The van der Waals surface area contributed by atoms with Crippen LogP contribution in [-0.4, -0.2) is 32.0 Å². The van der Waals surface area contributed by atoms with Crippen molar-refractivity contribution in [2.24, 2.45) is 5.92 Å². The van der Waals surface area contributed by atoms with Crippen LogP contribution in [0.25, 0.3) is 0 Å². The van der Waals surface area contributed by atoms with Crippen LogP contribution < -0.4 is 14.8 Å². The van der Waals surface area contributed by atoms with Crippen LogP contribution in [0.5, 0.6) is 11.5 Å². The van der Waals surface area contributed by atoms with Crippen molar-refractivity contribution in [3.63, 3.8) is 0 Å². The molecule has 1 aliphatic rings. The zero-order valence-electron chi connectivity index (χ0n) is 12.7. The molecule has 2 atom stereocenters. The lowest BCUT2D eigenvalue weighted by molar-refractivity contribution is 0.101. The molecule has 0 heterocycles. The predicted molar refractivity (Wildman–Crippen MR) is 84.2 cm³/mol. The molecule has 2 unspecified atom stereocenters. The Morgan fingerprint density at radius 1 is 1.29 bits per heavy atom. The highest BCUT2D eigenvalue weighted by molar-refractivity contribution is 6.33. The van der Waals surface area contributed by atoms with Crippen molar-refractivity contribution in [1.82, 2.24) is 5.32 Å². The Kier molecular flexibility index (Phi) is 6.15. The molecule has 1 aromatic carbocycles. The molecule has 0 amide bonds. The molecule has 1 fully saturated rings. The second-order valence-corrected chi connectivity index (χ2v) is 5.97. The van der Waals surface area contributed by atoms with Crippen LogP contribution in [0, 0.1) is 5.92 Å². The first-order valence-electron chi connectivity index (χ1n) is 7.43. The Labute approximate surface area is 131 Å². The van der Waals surface area contributed by atoms with Crippen LogP contribution in [0.1, 0.15) is 31.2 Å². The average molecular weight is 314 g/mol. The number of halogens is 1. The van der Waals surface area contributed by atoms with E-state index in [-0.39, 0.29) is 6.10 Å². The predicted octanol–water partition coefficient (Wildman–Crippen LogP) is 3.00. The van der Waals surface area contributed by atoms with Gasteiger partial charge in [-0.15, -0.1) is 0 Å². The molecule has 1 saturated carbocycles. The third-order valence-corrected chi connectivity index (χ3v) is 4.48. The van der Waals surface area contributed by atoms with Crippen LogP contribution >= 0.6 is 11.6 Å². The first kappa shape index (κ1) is 16.4.